The first-order valence-electron chi connectivity index (χ1n) is 5.96. The number of halogens is 1. The maximum atomic E-state index is 4.39. The zero-order valence-corrected chi connectivity index (χ0v) is 11.7. The van der Waals surface area contributed by atoms with Gasteiger partial charge in [-0.15, -0.1) is 5.10 Å². The van der Waals surface area contributed by atoms with Crippen LogP contribution >= 0.6 is 15.9 Å². The highest BCUT2D eigenvalue weighted by atomic mass is 79.9. The van der Waals surface area contributed by atoms with Gasteiger partial charge in [-0.05, 0) is 46.1 Å². The van der Waals surface area contributed by atoms with Crippen molar-refractivity contribution in [1.82, 2.24) is 19.6 Å². The van der Waals surface area contributed by atoms with Crippen LogP contribution in [-0.2, 0) is 6.42 Å². The minimum Gasteiger partial charge on any atom is -0.353 e. The monoisotopic (exact) mass is 317 g/mol. The Hall–Kier alpha value is -1.95. The number of fused-ring (bicyclic) bond motifs is 1. The molecule has 3 aromatic rings. The fourth-order valence-corrected chi connectivity index (χ4v) is 2.12. The average molecular weight is 318 g/mol. The molecule has 0 aliphatic carbocycles. The molecule has 0 saturated heterocycles. The molecule has 0 spiro atoms. The summed E-state index contributed by atoms with van der Waals surface area (Å²) >= 11 is 3.41. The normalized spacial score (nSPS) is 10.8. The van der Waals surface area contributed by atoms with Crippen molar-refractivity contribution in [3.05, 3.63) is 52.9 Å². The lowest BCUT2D eigenvalue weighted by atomic mass is 10.2. The number of nitrogens with one attached hydrogen (secondary N) is 1. The van der Waals surface area contributed by atoms with Crippen LogP contribution in [0, 0.1) is 0 Å². The van der Waals surface area contributed by atoms with Crippen LogP contribution in [0.4, 0.5) is 5.95 Å². The van der Waals surface area contributed by atoms with Gasteiger partial charge >= 0.3 is 0 Å². The predicted octanol–water partition coefficient (Wildman–Crippen LogP) is 2.54. The Morgan fingerprint density at radius 3 is 3.05 bits per heavy atom. The summed E-state index contributed by atoms with van der Waals surface area (Å²) in [6, 6.07) is 7.87. The molecule has 0 aliphatic heterocycles. The number of hydrogen-bond donors (Lipinski definition) is 1. The Morgan fingerprint density at radius 1 is 1.26 bits per heavy atom. The van der Waals surface area contributed by atoms with E-state index < -0.39 is 0 Å². The Labute approximate surface area is 118 Å². The molecular weight excluding hydrogens is 306 g/mol. The van der Waals surface area contributed by atoms with Crippen molar-refractivity contribution in [3.8, 4) is 0 Å². The lowest BCUT2D eigenvalue weighted by Gasteiger charge is -2.00. The first-order chi connectivity index (χ1) is 9.31. The molecule has 3 aromatic heterocycles. The molecule has 0 saturated carbocycles. The topological polar surface area (TPSA) is 55.1 Å². The quantitative estimate of drug-likeness (QED) is 0.803. The fourth-order valence-electron chi connectivity index (χ4n) is 1.80. The number of anilines is 1. The van der Waals surface area contributed by atoms with Crippen molar-refractivity contribution in [2.45, 2.75) is 6.42 Å². The van der Waals surface area contributed by atoms with Crippen LogP contribution in [0.5, 0.6) is 0 Å². The van der Waals surface area contributed by atoms with Crippen molar-refractivity contribution < 1.29 is 0 Å². The van der Waals surface area contributed by atoms with Gasteiger partial charge < -0.3 is 5.32 Å². The fraction of sp³-hybridized carbons (Fsp3) is 0.154. The van der Waals surface area contributed by atoms with Crippen molar-refractivity contribution in [3.63, 3.8) is 0 Å². The molecule has 6 heteroatoms. The van der Waals surface area contributed by atoms with Crippen LogP contribution in [0.25, 0.3) is 5.65 Å². The molecule has 19 heavy (non-hydrogen) atoms. The summed E-state index contributed by atoms with van der Waals surface area (Å²) in [6.45, 7) is 0.781. The van der Waals surface area contributed by atoms with Crippen molar-refractivity contribution in [2.75, 3.05) is 11.9 Å². The van der Waals surface area contributed by atoms with E-state index in [1.165, 1.54) is 5.56 Å². The Kier molecular flexibility index (Phi) is 3.41. The third-order valence-corrected chi connectivity index (χ3v) is 3.18. The standard InChI is InChI=1S/C13H12BrN5/c14-11-3-4-12-17-13(18-19(12)9-11)16-7-5-10-2-1-6-15-8-10/h1-4,6,8-9H,5,7H2,(H,16,18). The van der Waals surface area contributed by atoms with Gasteiger partial charge in [0.05, 0.1) is 0 Å². The zero-order chi connectivity index (χ0) is 13.1. The Balaban J connectivity index is 1.65. The molecule has 0 atom stereocenters. The highest BCUT2D eigenvalue weighted by Crippen LogP contribution is 2.12. The lowest BCUT2D eigenvalue weighted by molar-refractivity contribution is 0.932. The Bertz CT molecular complexity index is 680. The minimum atomic E-state index is 0.641. The van der Waals surface area contributed by atoms with Gasteiger partial charge in [-0.2, -0.15) is 4.98 Å². The molecule has 0 aromatic carbocycles. The lowest BCUT2D eigenvalue weighted by Crippen LogP contribution is -2.06. The van der Waals surface area contributed by atoms with Crippen LogP contribution in [0.3, 0.4) is 0 Å². The Morgan fingerprint density at radius 2 is 2.21 bits per heavy atom. The van der Waals surface area contributed by atoms with Crippen LogP contribution in [0.2, 0.25) is 0 Å². The molecule has 0 fully saturated rings. The zero-order valence-electron chi connectivity index (χ0n) is 10.1. The van der Waals surface area contributed by atoms with E-state index in [-0.39, 0.29) is 0 Å². The second kappa shape index (κ2) is 5.36. The second-order valence-corrected chi connectivity index (χ2v) is 5.04. The predicted molar refractivity (Wildman–Crippen MR) is 77.1 cm³/mol. The molecule has 3 heterocycles. The number of pyridine rings is 2. The van der Waals surface area contributed by atoms with Gasteiger partial charge in [-0.25, -0.2) is 4.52 Å². The van der Waals surface area contributed by atoms with Crippen LogP contribution < -0.4 is 5.32 Å². The third-order valence-electron chi connectivity index (χ3n) is 2.71. The van der Waals surface area contributed by atoms with Crippen LogP contribution in [0.15, 0.2) is 47.3 Å². The van der Waals surface area contributed by atoms with Gasteiger partial charge in [0.1, 0.15) is 0 Å². The molecule has 0 bridgehead atoms. The summed E-state index contributed by atoms with van der Waals surface area (Å²) < 4.78 is 2.73. The van der Waals surface area contributed by atoms with E-state index in [2.05, 4.69) is 42.4 Å². The number of aromatic nitrogens is 4. The van der Waals surface area contributed by atoms with Crippen molar-refractivity contribution in [2.24, 2.45) is 0 Å². The summed E-state index contributed by atoms with van der Waals surface area (Å²) in [4.78, 5) is 8.48. The number of rotatable bonds is 4. The maximum absolute atomic E-state index is 4.39. The third kappa shape index (κ3) is 2.90. The maximum Gasteiger partial charge on any atom is 0.243 e. The smallest absolute Gasteiger partial charge is 0.243 e. The first-order valence-corrected chi connectivity index (χ1v) is 6.75. The molecule has 0 amide bonds. The van der Waals surface area contributed by atoms with Gasteiger partial charge in [0.25, 0.3) is 0 Å². The van der Waals surface area contributed by atoms with E-state index in [1.54, 1.807) is 10.7 Å². The molecule has 0 unspecified atom stereocenters. The molecule has 0 radical (unpaired) electrons. The summed E-state index contributed by atoms with van der Waals surface area (Å²) in [5.74, 6) is 0.641. The van der Waals surface area contributed by atoms with E-state index in [4.69, 9.17) is 0 Å². The van der Waals surface area contributed by atoms with Gasteiger partial charge in [-0.3, -0.25) is 4.98 Å². The van der Waals surface area contributed by atoms with Crippen molar-refractivity contribution >= 4 is 27.5 Å². The van der Waals surface area contributed by atoms with E-state index in [9.17, 15) is 0 Å². The molecule has 0 aliphatic rings. The average Bonchev–Trinajstić information content (AvgIpc) is 2.82. The summed E-state index contributed by atoms with van der Waals surface area (Å²) in [5, 5.41) is 7.57. The van der Waals surface area contributed by atoms with Gasteiger partial charge in [-0.1, -0.05) is 6.07 Å². The van der Waals surface area contributed by atoms with E-state index in [1.807, 2.05) is 30.6 Å². The van der Waals surface area contributed by atoms with E-state index >= 15 is 0 Å². The minimum absolute atomic E-state index is 0.641. The molecule has 3 rings (SSSR count). The summed E-state index contributed by atoms with van der Waals surface area (Å²) in [7, 11) is 0. The molecule has 96 valence electrons. The summed E-state index contributed by atoms with van der Waals surface area (Å²) in [5.41, 5.74) is 2.02. The highest BCUT2D eigenvalue weighted by molar-refractivity contribution is 9.10. The van der Waals surface area contributed by atoms with Gasteiger partial charge in [0, 0.05) is 29.6 Å². The molecular formula is C13H12BrN5. The summed E-state index contributed by atoms with van der Waals surface area (Å²) in [6.07, 6.45) is 6.43. The van der Waals surface area contributed by atoms with Crippen LogP contribution in [0.1, 0.15) is 5.56 Å². The van der Waals surface area contributed by atoms with Gasteiger partial charge in [0.2, 0.25) is 5.95 Å². The van der Waals surface area contributed by atoms with E-state index in [0.717, 1.165) is 23.1 Å². The van der Waals surface area contributed by atoms with Crippen LogP contribution in [-0.4, -0.2) is 26.1 Å². The largest absolute Gasteiger partial charge is 0.353 e. The first kappa shape index (κ1) is 12.1. The van der Waals surface area contributed by atoms with Gasteiger partial charge in [0.15, 0.2) is 5.65 Å². The number of hydrogen-bond acceptors (Lipinski definition) is 4. The van der Waals surface area contributed by atoms with Crippen molar-refractivity contribution in [1.29, 1.82) is 0 Å². The number of nitrogens with zero attached hydrogens (tertiary/aromatic N) is 4. The molecule has 1 N–H and O–H groups in total. The SMILES string of the molecule is Brc1ccc2nc(NCCc3cccnc3)nn2c1. The second-order valence-electron chi connectivity index (χ2n) is 4.12. The molecule has 5 nitrogen and oxygen atoms in total. The highest BCUT2D eigenvalue weighted by Gasteiger charge is 2.02. The van der Waals surface area contributed by atoms with E-state index in [0.29, 0.717) is 5.95 Å².